The van der Waals surface area contributed by atoms with Crippen molar-refractivity contribution >= 4 is 5.97 Å². The molecule has 4 heteroatoms. The highest BCUT2D eigenvalue weighted by Gasteiger charge is 2.15. The number of methoxy groups -OCH3 is 1. The molecule has 0 amide bonds. The molecule has 0 aromatic heterocycles. The molecule has 0 radical (unpaired) electrons. The van der Waals surface area contributed by atoms with Crippen LogP contribution in [0, 0.1) is 0 Å². The van der Waals surface area contributed by atoms with Crippen molar-refractivity contribution in [1.29, 1.82) is 0 Å². The minimum atomic E-state index is -0.275. The maximum atomic E-state index is 11.3. The van der Waals surface area contributed by atoms with Crippen LogP contribution in [-0.4, -0.2) is 55.6 Å². The molecule has 2 rings (SSSR count). The fraction of sp³-hybridized carbons (Fsp3) is 0.533. The predicted octanol–water partition coefficient (Wildman–Crippen LogP) is 1.61. The molecule has 0 saturated carbocycles. The van der Waals surface area contributed by atoms with E-state index in [2.05, 4.69) is 16.7 Å². The zero-order chi connectivity index (χ0) is 13.7. The summed E-state index contributed by atoms with van der Waals surface area (Å²) in [5, 5.41) is 0. The lowest BCUT2D eigenvalue weighted by Gasteiger charge is -2.34. The molecule has 1 aliphatic rings. The van der Waals surface area contributed by atoms with Crippen molar-refractivity contribution in [2.75, 3.05) is 39.8 Å². The summed E-state index contributed by atoms with van der Waals surface area (Å²) in [6.07, 6.45) is 0. The smallest absolute Gasteiger partial charge is 0.337 e. The third-order valence-electron chi connectivity index (χ3n) is 3.69. The number of likely N-dealkylation sites (N-methyl/N-ethyl adjacent to an activating group) is 1. The van der Waals surface area contributed by atoms with Crippen LogP contribution in [0.25, 0.3) is 0 Å². The molecule has 1 fully saturated rings. The Bertz CT molecular complexity index is 409. The first-order valence-corrected chi connectivity index (χ1v) is 6.85. The van der Waals surface area contributed by atoms with Crippen molar-refractivity contribution in [2.24, 2.45) is 0 Å². The lowest BCUT2D eigenvalue weighted by atomic mass is 10.1. The third kappa shape index (κ3) is 3.78. The van der Waals surface area contributed by atoms with E-state index in [-0.39, 0.29) is 5.97 Å². The second-order valence-corrected chi connectivity index (χ2v) is 4.90. The first-order valence-electron chi connectivity index (χ1n) is 6.85. The summed E-state index contributed by atoms with van der Waals surface area (Å²) < 4.78 is 4.70. The Morgan fingerprint density at radius 3 is 2.21 bits per heavy atom. The van der Waals surface area contributed by atoms with Gasteiger partial charge >= 0.3 is 5.97 Å². The van der Waals surface area contributed by atoms with E-state index < -0.39 is 0 Å². The van der Waals surface area contributed by atoms with E-state index in [4.69, 9.17) is 4.74 Å². The van der Waals surface area contributed by atoms with Gasteiger partial charge in [-0.15, -0.1) is 0 Å². The zero-order valence-corrected chi connectivity index (χ0v) is 11.8. The van der Waals surface area contributed by atoms with Gasteiger partial charge in [-0.05, 0) is 24.2 Å². The number of nitrogens with zero attached hydrogens (tertiary/aromatic N) is 2. The molecule has 0 N–H and O–H groups in total. The van der Waals surface area contributed by atoms with Gasteiger partial charge in [0, 0.05) is 32.7 Å². The van der Waals surface area contributed by atoms with Crippen LogP contribution in [0.1, 0.15) is 22.8 Å². The van der Waals surface area contributed by atoms with E-state index >= 15 is 0 Å². The second kappa shape index (κ2) is 6.68. The normalized spacial score (nSPS) is 17.4. The fourth-order valence-corrected chi connectivity index (χ4v) is 2.39. The number of piperazine rings is 1. The number of esters is 1. The van der Waals surface area contributed by atoms with Gasteiger partial charge in [0.25, 0.3) is 0 Å². The van der Waals surface area contributed by atoms with E-state index in [0.717, 1.165) is 39.3 Å². The van der Waals surface area contributed by atoms with Crippen LogP contribution in [0.2, 0.25) is 0 Å². The van der Waals surface area contributed by atoms with Crippen molar-refractivity contribution in [3.05, 3.63) is 35.4 Å². The van der Waals surface area contributed by atoms with Gasteiger partial charge in [-0.3, -0.25) is 4.90 Å². The summed E-state index contributed by atoms with van der Waals surface area (Å²) >= 11 is 0. The van der Waals surface area contributed by atoms with Crippen LogP contribution in [0.3, 0.4) is 0 Å². The SMILES string of the molecule is CCN1CCN(Cc2ccc(C(=O)OC)cc2)CC1. The fourth-order valence-electron chi connectivity index (χ4n) is 2.39. The van der Waals surface area contributed by atoms with Crippen LogP contribution in [0.15, 0.2) is 24.3 Å². The van der Waals surface area contributed by atoms with Crippen LogP contribution >= 0.6 is 0 Å². The van der Waals surface area contributed by atoms with Crippen molar-refractivity contribution in [3.63, 3.8) is 0 Å². The molecule has 0 bridgehead atoms. The molecule has 1 heterocycles. The Balaban J connectivity index is 1.88. The topological polar surface area (TPSA) is 32.8 Å². The summed E-state index contributed by atoms with van der Waals surface area (Å²) in [6.45, 7) is 8.84. The molecule has 0 spiro atoms. The quantitative estimate of drug-likeness (QED) is 0.772. The highest BCUT2D eigenvalue weighted by molar-refractivity contribution is 5.89. The molecule has 4 nitrogen and oxygen atoms in total. The average molecular weight is 262 g/mol. The van der Waals surface area contributed by atoms with Gasteiger partial charge in [-0.2, -0.15) is 0 Å². The van der Waals surface area contributed by atoms with Crippen LogP contribution < -0.4 is 0 Å². The number of hydrogen-bond donors (Lipinski definition) is 0. The average Bonchev–Trinajstić information content (AvgIpc) is 2.48. The van der Waals surface area contributed by atoms with E-state index in [1.54, 1.807) is 0 Å². The minimum absolute atomic E-state index is 0.275. The van der Waals surface area contributed by atoms with Crippen molar-refractivity contribution < 1.29 is 9.53 Å². The number of rotatable bonds is 4. The first kappa shape index (κ1) is 14.0. The van der Waals surface area contributed by atoms with Gasteiger partial charge in [0.1, 0.15) is 0 Å². The van der Waals surface area contributed by atoms with E-state index in [0.29, 0.717) is 5.56 Å². The number of benzene rings is 1. The highest BCUT2D eigenvalue weighted by Crippen LogP contribution is 2.10. The summed E-state index contributed by atoms with van der Waals surface area (Å²) in [7, 11) is 1.41. The van der Waals surface area contributed by atoms with E-state index in [9.17, 15) is 4.79 Å². The lowest BCUT2D eigenvalue weighted by Crippen LogP contribution is -2.45. The van der Waals surface area contributed by atoms with Gasteiger partial charge in [0.05, 0.1) is 12.7 Å². The highest BCUT2D eigenvalue weighted by atomic mass is 16.5. The molecule has 0 atom stereocenters. The maximum absolute atomic E-state index is 11.3. The van der Waals surface area contributed by atoms with Crippen molar-refractivity contribution in [2.45, 2.75) is 13.5 Å². The van der Waals surface area contributed by atoms with Gasteiger partial charge < -0.3 is 9.64 Å². The number of hydrogen-bond acceptors (Lipinski definition) is 4. The van der Waals surface area contributed by atoms with Crippen LogP contribution in [0.5, 0.6) is 0 Å². The van der Waals surface area contributed by atoms with Gasteiger partial charge in [0.15, 0.2) is 0 Å². The largest absolute Gasteiger partial charge is 0.465 e. The first-order chi connectivity index (χ1) is 9.22. The van der Waals surface area contributed by atoms with E-state index in [1.165, 1.54) is 12.7 Å². The lowest BCUT2D eigenvalue weighted by molar-refractivity contribution is 0.0600. The molecule has 1 aliphatic heterocycles. The van der Waals surface area contributed by atoms with Gasteiger partial charge in [-0.25, -0.2) is 4.79 Å². The molecular weight excluding hydrogens is 240 g/mol. The predicted molar refractivity (Wildman–Crippen MR) is 75.2 cm³/mol. The Kier molecular flexibility index (Phi) is 4.93. The summed E-state index contributed by atoms with van der Waals surface area (Å²) in [5.74, 6) is -0.275. The molecule has 0 unspecified atom stereocenters. The summed E-state index contributed by atoms with van der Waals surface area (Å²) in [5.41, 5.74) is 1.86. The number of carbonyl (C=O) groups is 1. The molecule has 0 aliphatic carbocycles. The van der Waals surface area contributed by atoms with Gasteiger partial charge in [-0.1, -0.05) is 19.1 Å². The molecular formula is C15H22N2O2. The Hall–Kier alpha value is -1.39. The zero-order valence-electron chi connectivity index (χ0n) is 11.8. The van der Waals surface area contributed by atoms with E-state index in [1.807, 2.05) is 24.3 Å². The molecule has 19 heavy (non-hydrogen) atoms. The number of ether oxygens (including phenoxy) is 1. The maximum Gasteiger partial charge on any atom is 0.337 e. The summed E-state index contributed by atoms with van der Waals surface area (Å²) in [4.78, 5) is 16.3. The Labute approximate surface area is 115 Å². The minimum Gasteiger partial charge on any atom is -0.465 e. The molecule has 1 aromatic rings. The third-order valence-corrected chi connectivity index (χ3v) is 3.69. The van der Waals surface area contributed by atoms with Gasteiger partial charge in [0.2, 0.25) is 0 Å². The molecule has 1 saturated heterocycles. The van der Waals surface area contributed by atoms with Crippen molar-refractivity contribution in [1.82, 2.24) is 9.80 Å². The summed E-state index contributed by atoms with van der Waals surface area (Å²) in [6, 6.07) is 7.70. The standard InChI is InChI=1S/C15H22N2O2/c1-3-16-8-10-17(11-9-16)12-13-4-6-14(7-5-13)15(18)19-2/h4-7H,3,8-12H2,1-2H3. The second-order valence-electron chi connectivity index (χ2n) is 4.90. The molecule has 104 valence electrons. The Morgan fingerprint density at radius 2 is 1.68 bits per heavy atom. The molecule has 1 aromatic carbocycles. The number of carbonyl (C=O) groups excluding carboxylic acids is 1. The monoisotopic (exact) mass is 262 g/mol. The van der Waals surface area contributed by atoms with Crippen molar-refractivity contribution in [3.8, 4) is 0 Å². The Morgan fingerprint density at radius 1 is 1.11 bits per heavy atom. The van der Waals surface area contributed by atoms with Crippen LogP contribution in [0.4, 0.5) is 0 Å². The van der Waals surface area contributed by atoms with Crippen LogP contribution in [-0.2, 0) is 11.3 Å².